The van der Waals surface area contributed by atoms with Gasteiger partial charge in [0.1, 0.15) is 36.6 Å². The molecule has 0 spiro atoms. The molecule has 1 aliphatic heterocycles. The summed E-state index contributed by atoms with van der Waals surface area (Å²) in [5, 5.41) is 21.8. The zero-order chi connectivity index (χ0) is 52.2. The zero-order valence-corrected chi connectivity index (χ0v) is 41.4. The van der Waals surface area contributed by atoms with E-state index in [1.807, 2.05) is 84.9 Å². The summed E-state index contributed by atoms with van der Waals surface area (Å²) in [7, 11) is 4.72. The van der Waals surface area contributed by atoms with Crippen molar-refractivity contribution in [1.82, 2.24) is 4.90 Å². The molecule has 6 aromatic rings. The lowest BCUT2D eigenvalue weighted by atomic mass is 9.84. The molecule has 1 fully saturated rings. The van der Waals surface area contributed by atoms with Crippen molar-refractivity contribution in [2.75, 3.05) is 60.8 Å². The number of esters is 1. The van der Waals surface area contributed by atoms with Crippen molar-refractivity contribution in [1.29, 1.82) is 0 Å². The number of ether oxygens (including phenoxy) is 8. The lowest BCUT2D eigenvalue weighted by Gasteiger charge is -2.44. The monoisotopic (exact) mass is 1020 g/mol. The molecular formula is C55H59N3O16. The largest absolute Gasteiger partial charge is 0.496 e. The quantitative estimate of drug-likeness (QED) is 0.0196. The van der Waals surface area contributed by atoms with Crippen LogP contribution in [0.15, 0.2) is 133 Å². The molecule has 4 unspecified atom stereocenters. The van der Waals surface area contributed by atoms with E-state index in [2.05, 4.69) is 9.68 Å². The second-order valence-electron chi connectivity index (χ2n) is 17.4. The second kappa shape index (κ2) is 27.3. The van der Waals surface area contributed by atoms with Crippen LogP contribution in [-0.4, -0.2) is 106 Å². The van der Waals surface area contributed by atoms with E-state index in [9.17, 15) is 29.8 Å². The van der Waals surface area contributed by atoms with Crippen LogP contribution in [0.25, 0.3) is 10.8 Å². The number of carbonyl (C=O) groups is 2. The highest BCUT2D eigenvalue weighted by Gasteiger charge is 2.41. The standard InChI is InChI=1S/C55H59N3O16/c1-65-36-47(74-55(60)43-18-16-38(17-19-43)33-72-57(61)62)37-71-52-31-56(53(59)29-39-10-8-11-40(26-39)34-73-58(63)64)30-51(70-32-41-27-44-12-4-6-14-48(44)50(28-41)67-3)54(52)42-20-22-46(23-21-42)69-25-9-24-68-35-45-13-5-7-15-49(45)66-2/h4-8,10-23,26-28,47,51-52,54H,9,24-25,29-37H2,1-3H3. The van der Waals surface area contributed by atoms with E-state index in [0.29, 0.717) is 54.4 Å². The Morgan fingerprint density at radius 1 is 0.649 bits per heavy atom. The summed E-state index contributed by atoms with van der Waals surface area (Å²) in [4.78, 5) is 60.3. The van der Waals surface area contributed by atoms with Crippen LogP contribution in [0, 0.1) is 20.2 Å². The third-order valence-electron chi connectivity index (χ3n) is 12.3. The number of hydrogen-bond donors (Lipinski definition) is 0. The first-order valence-corrected chi connectivity index (χ1v) is 23.9. The number of hydrogen-bond acceptors (Lipinski definition) is 16. The average molecular weight is 1020 g/mol. The number of rotatable bonds is 28. The van der Waals surface area contributed by atoms with E-state index >= 15 is 0 Å². The van der Waals surface area contributed by atoms with E-state index < -0.39 is 40.4 Å². The molecule has 4 atom stereocenters. The molecule has 0 aliphatic carbocycles. The van der Waals surface area contributed by atoms with Crippen LogP contribution in [0.5, 0.6) is 17.2 Å². The van der Waals surface area contributed by atoms with Crippen molar-refractivity contribution < 1.29 is 67.3 Å². The number of nitrogens with zero attached hydrogens (tertiary/aromatic N) is 3. The lowest BCUT2D eigenvalue weighted by molar-refractivity contribution is -0.763. The predicted octanol–water partition coefficient (Wildman–Crippen LogP) is 8.27. The number of methoxy groups -OCH3 is 3. The molecule has 74 heavy (non-hydrogen) atoms. The van der Waals surface area contributed by atoms with Gasteiger partial charge in [0.25, 0.3) is 10.2 Å². The Morgan fingerprint density at radius 2 is 1.34 bits per heavy atom. The molecule has 7 rings (SSSR count). The fourth-order valence-corrected chi connectivity index (χ4v) is 8.71. The van der Waals surface area contributed by atoms with E-state index in [1.54, 1.807) is 43.4 Å². The molecular weight excluding hydrogens is 959 g/mol. The van der Waals surface area contributed by atoms with Gasteiger partial charge in [-0.05, 0) is 75.7 Å². The first-order valence-electron chi connectivity index (χ1n) is 23.9. The van der Waals surface area contributed by atoms with Gasteiger partial charge in [0.15, 0.2) is 0 Å². The van der Waals surface area contributed by atoms with Crippen LogP contribution < -0.4 is 14.2 Å². The molecule has 19 nitrogen and oxygen atoms in total. The van der Waals surface area contributed by atoms with Gasteiger partial charge in [-0.1, -0.05) is 91.0 Å². The molecule has 0 radical (unpaired) electrons. The highest BCUT2D eigenvalue weighted by molar-refractivity contribution is 5.90. The normalized spacial score (nSPS) is 15.7. The third-order valence-corrected chi connectivity index (χ3v) is 12.3. The van der Waals surface area contributed by atoms with Crippen LogP contribution in [0.4, 0.5) is 0 Å². The molecule has 0 bridgehead atoms. The molecule has 0 aromatic heterocycles. The molecule has 0 N–H and O–H groups in total. The molecule has 1 heterocycles. The van der Waals surface area contributed by atoms with Gasteiger partial charge >= 0.3 is 5.97 Å². The smallest absolute Gasteiger partial charge is 0.338 e. The highest BCUT2D eigenvalue weighted by atomic mass is 17.0. The average Bonchev–Trinajstić information content (AvgIpc) is 3.41. The van der Waals surface area contributed by atoms with E-state index in [-0.39, 0.29) is 64.0 Å². The number of carbonyl (C=O) groups excluding carboxylic acids is 2. The van der Waals surface area contributed by atoms with Gasteiger partial charge < -0.3 is 52.5 Å². The molecule has 6 aromatic carbocycles. The second-order valence-corrected chi connectivity index (χ2v) is 17.4. The lowest BCUT2D eigenvalue weighted by Crippen LogP contribution is -2.55. The van der Waals surface area contributed by atoms with Gasteiger partial charge in [-0.3, -0.25) is 4.79 Å². The van der Waals surface area contributed by atoms with Gasteiger partial charge in [0.2, 0.25) is 5.91 Å². The number of fused-ring (bicyclic) bond motifs is 1. The van der Waals surface area contributed by atoms with Crippen LogP contribution in [0.1, 0.15) is 56.1 Å². The van der Waals surface area contributed by atoms with Crippen molar-refractivity contribution in [3.8, 4) is 17.2 Å². The topological polar surface area (TPSA) is 216 Å². The first-order chi connectivity index (χ1) is 36.0. The number of benzene rings is 6. The minimum absolute atomic E-state index is 0.0295. The Balaban J connectivity index is 1.13. The Hall–Kier alpha value is -7.84. The molecule has 19 heteroatoms. The van der Waals surface area contributed by atoms with Gasteiger partial charge in [0.05, 0.1) is 78.1 Å². The summed E-state index contributed by atoms with van der Waals surface area (Å²) in [5.74, 6) is 0.695. The molecule has 1 amide bonds. The van der Waals surface area contributed by atoms with Crippen LogP contribution in [0.3, 0.4) is 0 Å². The Kier molecular flexibility index (Phi) is 19.9. The number of likely N-dealkylation sites (tertiary alicyclic amines) is 1. The maximum absolute atomic E-state index is 14.4. The predicted molar refractivity (Wildman–Crippen MR) is 269 cm³/mol. The minimum Gasteiger partial charge on any atom is -0.496 e. The van der Waals surface area contributed by atoms with Gasteiger partial charge in [-0.2, -0.15) is 0 Å². The summed E-state index contributed by atoms with van der Waals surface area (Å²) in [6.45, 7) is 1.01. The van der Waals surface area contributed by atoms with E-state index in [1.165, 1.54) is 31.4 Å². The van der Waals surface area contributed by atoms with Crippen molar-refractivity contribution in [3.63, 3.8) is 0 Å². The molecule has 1 saturated heterocycles. The molecule has 0 saturated carbocycles. The zero-order valence-electron chi connectivity index (χ0n) is 41.4. The van der Waals surface area contributed by atoms with Crippen molar-refractivity contribution >= 4 is 22.6 Å². The van der Waals surface area contributed by atoms with Crippen molar-refractivity contribution in [2.45, 2.75) is 63.5 Å². The van der Waals surface area contributed by atoms with Crippen molar-refractivity contribution in [3.05, 3.63) is 193 Å². The minimum atomic E-state index is -0.903. The first kappa shape index (κ1) is 53.9. The van der Waals surface area contributed by atoms with Crippen LogP contribution >= 0.6 is 0 Å². The number of amides is 1. The van der Waals surface area contributed by atoms with Crippen LogP contribution in [-0.2, 0) is 71.0 Å². The van der Waals surface area contributed by atoms with E-state index in [4.69, 9.17) is 37.9 Å². The maximum atomic E-state index is 14.4. The fourth-order valence-electron chi connectivity index (χ4n) is 8.71. The maximum Gasteiger partial charge on any atom is 0.338 e. The van der Waals surface area contributed by atoms with Gasteiger partial charge in [-0.15, -0.1) is 20.2 Å². The highest BCUT2D eigenvalue weighted by Crippen LogP contribution is 2.36. The van der Waals surface area contributed by atoms with Crippen molar-refractivity contribution in [2.24, 2.45) is 0 Å². The Bertz CT molecular complexity index is 2790. The number of para-hydroxylation sites is 1. The summed E-state index contributed by atoms with van der Waals surface area (Å²) in [6, 6.07) is 40.1. The molecule has 1 aliphatic rings. The Morgan fingerprint density at radius 3 is 2.07 bits per heavy atom. The third kappa shape index (κ3) is 15.6. The van der Waals surface area contributed by atoms with E-state index in [0.717, 1.165) is 33.2 Å². The summed E-state index contributed by atoms with van der Waals surface area (Å²) in [5.41, 5.74) is 4.48. The molecule has 390 valence electrons. The fraction of sp³-hybridized carbons (Fsp3) is 0.345. The Labute approximate surface area is 427 Å². The van der Waals surface area contributed by atoms with Gasteiger partial charge in [-0.25, -0.2) is 4.79 Å². The summed E-state index contributed by atoms with van der Waals surface area (Å²) in [6.07, 6.45) is -1.67. The SMILES string of the molecule is COCC(COC1CN(C(=O)Cc2cccc(CO[N+](=O)[O-])c2)CC(OCc2cc(OC)c3ccccc3c2)C1c1ccc(OCCCOCc2ccccc2OC)cc1)OC(=O)c1ccc(CO[N+](=O)[O-])cc1. The summed E-state index contributed by atoms with van der Waals surface area (Å²) < 4.78 is 48.3. The number of piperidine rings is 1. The van der Waals surface area contributed by atoms with Gasteiger partial charge in [0, 0.05) is 43.5 Å². The summed E-state index contributed by atoms with van der Waals surface area (Å²) >= 11 is 0. The van der Waals surface area contributed by atoms with Crippen LogP contribution in [0.2, 0.25) is 0 Å².